The molecule has 0 aliphatic heterocycles. The fourth-order valence-electron chi connectivity index (χ4n) is 1.61. The highest BCUT2D eigenvalue weighted by Gasteiger charge is 2.04. The van der Waals surface area contributed by atoms with Crippen LogP contribution in [-0.2, 0) is 0 Å². The van der Waals surface area contributed by atoms with Gasteiger partial charge in [0.1, 0.15) is 0 Å². The standard InChI is InChI=1S/C12H15N3/c1-8(2)15-11-6-5-10-9(12(11)13)4-3-7-14-10/h3-8,15H,13H2,1-2H3. The molecular formula is C12H15N3. The predicted molar refractivity (Wildman–Crippen MR) is 64.9 cm³/mol. The third-order valence-electron chi connectivity index (χ3n) is 2.27. The van der Waals surface area contributed by atoms with Crippen molar-refractivity contribution in [3.05, 3.63) is 30.5 Å². The minimum Gasteiger partial charge on any atom is -0.397 e. The first-order chi connectivity index (χ1) is 7.18. The Kier molecular flexibility index (Phi) is 2.46. The number of anilines is 2. The van der Waals surface area contributed by atoms with E-state index in [1.54, 1.807) is 6.20 Å². The summed E-state index contributed by atoms with van der Waals surface area (Å²) in [4.78, 5) is 4.25. The van der Waals surface area contributed by atoms with E-state index >= 15 is 0 Å². The number of aromatic nitrogens is 1. The number of rotatable bonds is 2. The van der Waals surface area contributed by atoms with Crippen LogP contribution in [-0.4, -0.2) is 11.0 Å². The fraction of sp³-hybridized carbons (Fsp3) is 0.250. The molecule has 15 heavy (non-hydrogen) atoms. The van der Waals surface area contributed by atoms with Gasteiger partial charge in [-0.05, 0) is 38.1 Å². The van der Waals surface area contributed by atoms with E-state index in [9.17, 15) is 0 Å². The van der Waals surface area contributed by atoms with Crippen molar-refractivity contribution in [1.29, 1.82) is 0 Å². The molecule has 0 aliphatic rings. The van der Waals surface area contributed by atoms with Gasteiger partial charge >= 0.3 is 0 Å². The van der Waals surface area contributed by atoms with Gasteiger partial charge in [0, 0.05) is 17.6 Å². The van der Waals surface area contributed by atoms with Crippen LogP contribution in [0.4, 0.5) is 11.4 Å². The number of hydrogen-bond donors (Lipinski definition) is 2. The Bertz CT molecular complexity index is 477. The van der Waals surface area contributed by atoms with Gasteiger partial charge in [-0.25, -0.2) is 0 Å². The molecule has 0 saturated heterocycles. The maximum absolute atomic E-state index is 6.06. The molecule has 0 atom stereocenters. The molecule has 78 valence electrons. The SMILES string of the molecule is CC(C)Nc1ccc2ncccc2c1N. The Labute approximate surface area is 89.3 Å². The van der Waals surface area contributed by atoms with Crippen LogP contribution in [0.1, 0.15) is 13.8 Å². The van der Waals surface area contributed by atoms with Crippen LogP contribution in [0.5, 0.6) is 0 Å². The lowest BCUT2D eigenvalue weighted by molar-refractivity contribution is 0.901. The van der Waals surface area contributed by atoms with Gasteiger partial charge in [0.25, 0.3) is 0 Å². The molecule has 1 heterocycles. The summed E-state index contributed by atoms with van der Waals surface area (Å²) in [7, 11) is 0. The molecule has 0 saturated carbocycles. The van der Waals surface area contributed by atoms with Crippen LogP contribution >= 0.6 is 0 Å². The summed E-state index contributed by atoms with van der Waals surface area (Å²) in [6.45, 7) is 4.18. The Hall–Kier alpha value is -1.77. The fourth-order valence-corrected chi connectivity index (χ4v) is 1.61. The highest BCUT2D eigenvalue weighted by molar-refractivity contribution is 5.96. The first-order valence-corrected chi connectivity index (χ1v) is 5.08. The molecule has 1 aromatic heterocycles. The molecule has 0 amide bonds. The molecule has 0 unspecified atom stereocenters. The number of nitrogens with two attached hydrogens (primary N) is 1. The van der Waals surface area contributed by atoms with Gasteiger partial charge in [-0.1, -0.05) is 0 Å². The van der Waals surface area contributed by atoms with Crippen LogP contribution < -0.4 is 11.1 Å². The van der Waals surface area contributed by atoms with E-state index < -0.39 is 0 Å². The predicted octanol–water partition coefficient (Wildman–Crippen LogP) is 2.64. The zero-order valence-corrected chi connectivity index (χ0v) is 8.99. The van der Waals surface area contributed by atoms with Gasteiger partial charge in [0.15, 0.2) is 0 Å². The molecule has 0 fully saturated rings. The summed E-state index contributed by atoms with van der Waals surface area (Å²) >= 11 is 0. The second-order valence-corrected chi connectivity index (χ2v) is 3.90. The molecule has 1 aromatic carbocycles. The summed E-state index contributed by atoms with van der Waals surface area (Å²) < 4.78 is 0. The number of nitrogens with one attached hydrogen (secondary N) is 1. The van der Waals surface area contributed by atoms with Crippen molar-refractivity contribution in [1.82, 2.24) is 4.98 Å². The van der Waals surface area contributed by atoms with Crippen LogP contribution in [0, 0.1) is 0 Å². The number of benzene rings is 1. The van der Waals surface area contributed by atoms with E-state index in [4.69, 9.17) is 5.73 Å². The Morgan fingerprint density at radius 3 is 2.80 bits per heavy atom. The van der Waals surface area contributed by atoms with Crippen LogP contribution in [0.3, 0.4) is 0 Å². The monoisotopic (exact) mass is 201 g/mol. The lowest BCUT2D eigenvalue weighted by atomic mass is 10.1. The first kappa shape index (κ1) is 9.77. The minimum atomic E-state index is 0.376. The van der Waals surface area contributed by atoms with Crippen molar-refractivity contribution in [2.24, 2.45) is 0 Å². The molecule has 2 aromatic rings. The molecule has 0 radical (unpaired) electrons. The van der Waals surface area contributed by atoms with Gasteiger partial charge < -0.3 is 11.1 Å². The summed E-state index contributed by atoms with van der Waals surface area (Å²) in [6.07, 6.45) is 1.78. The van der Waals surface area contributed by atoms with Gasteiger partial charge in [0.05, 0.1) is 16.9 Å². The molecule has 0 bridgehead atoms. The van der Waals surface area contributed by atoms with Crippen molar-refractivity contribution in [3.8, 4) is 0 Å². The zero-order valence-electron chi connectivity index (χ0n) is 8.99. The van der Waals surface area contributed by atoms with E-state index in [0.29, 0.717) is 6.04 Å². The highest BCUT2D eigenvalue weighted by atomic mass is 14.9. The van der Waals surface area contributed by atoms with E-state index in [1.165, 1.54) is 0 Å². The Morgan fingerprint density at radius 2 is 2.07 bits per heavy atom. The summed E-state index contributed by atoms with van der Waals surface area (Å²) in [5.74, 6) is 0. The smallest absolute Gasteiger partial charge is 0.0724 e. The van der Waals surface area contributed by atoms with Crippen molar-refractivity contribution >= 4 is 22.3 Å². The molecule has 0 aliphatic carbocycles. The maximum atomic E-state index is 6.06. The van der Waals surface area contributed by atoms with Crippen molar-refractivity contribution in [3.63, 3.8) is 0 Å². The number of fused-ring (bicyclic) bond motifs is 1. The molecule has 3 nitrogen and oxygen atoms in total. The summed E-state index contributed by atoms with van der Waals surface area (Å²) in [5.41, 5.74) is 8.75. The maximum Gasteiger partial charge on any atom is 0.0724 e. The number of hydrogen-bond acceptors (Lipinski definition) is 3. The molecule has 3 heteroatoms. The van der Waals surface area contributed by atoms with Crippen LogP contribution in [0.25, 0.3) is 10.9 Å². The second kappa shape index (κ2) is 3.77. The minimum absolute atomic E-state index is 0.376. The van der Waals surface area contributed by atoms with Crippen molar-refractivity contribution in [2.45, 2.75) is 19.9 Å². The third-order valence-corrected chi connectivity index (χ3v) is 2.27. The first-order valence-electron chi connectivity index (χ1n) is 5.08. The van der Waals surface area contributed by atoms with Gasteiger partial charge in [-0.2, -0.15) is 0 Å². The zero-order chi connectivity index (χ0) is 10.8. The average molecular weight is 201 g/mol. The summed E-state index contributed by atoms with van der Waals surface area (Å²) in [6, 6.07) is 8.23. The highest BCUT2D eigenvalue weighted by Crippen LogP contribution is 2.27. The second-order valence-electron chi connectivity index (χ2n) is 3.90. The quantitative estimate of drug-likeness (QED) is 0.734. The van der Waals surface area contributed by atoms with Gasteiger partial charge in [-0.3, -0.25) is 4.98 Å². The van der Waals surface area contributed by atoms with Gasteiger partial charge in [-0.15, -0.1) is 0 Å². The summed E-state index contributed by atoms with van der Waals surface area (Å²) in [5, 5.41) is 4.32. The third kappa shape index (κ3) is 1.86. The lowest BCUT2D eigenvalue weighted by Gasteiger charge is -2.13. The van der Waals surface area contributed by atoms with Crippen molar-refractivity contribution in [2.75, 3.05) is 11.1 Å². The average Bonchev–Trinajstić information content (AvgIpc) is 2.22. The Balaban J connectivity index is 2.55. The number of nitrogen functional groups attached to an aromatic ring is 1. The topological polar surface area (TPSA) is 50.9 Å². The Morgan fingerprint density at radius 1 is 1.27 bits per heavy atom. The van der Waals surface area contributed by atoms with Crippen molar-refractivity contribution < 1.29 is 0 Å². The number of pyridine rings is 1. The molecule has 0 spiro atoms. The number of nitrogens with zero attached hydrogens (tertiary/aromatic N) is 1. The van der Waals surface area contributed by atoms with E-state index in [2.05, 4.69) is 24.1 Å². The molecule has 2 rings (SSSR count). The molecular weight excluding hydrogens is 186 g/mol. The van der Waals surface area contributed by atoms with E-state index in [0.717, 1.165) is 22.3 Å². The normalized spacial score (nSPS) is 10.9. The molecule has 3 N–H and O–H groups in total. The van der Waals surface area contributed by atoms with Gasteiger partial charge in [0.2, 0.25) is 0 Å². The largest absolute Gasteiger partial charge is 0.397 e. The van der Waals surface area contributed by atoms with E-state index in [1.807, 2.05) is 24.3 Å². The van der Waals surface area contributed by atoms with Crippen LogP contribution in [0.15, 0.2) is 30.5 Å². The lowest BCUT2D eigenvalue weighted by Crippen LogP contribution is -2.11. The van der Waals surface area contributed by atoms with E-state index in [-0.39, 0.29) is 0 Å². The van der Waals surface area contributed by atoms with Crippen LogP contribution in [0.2, 0.25) is 0 Å².